The zero-order chi connectivity index (χ0) is 8.27. The van der Waals surface area contributed by atoms with Gasteiger partial charge in [-0.15, -0.1) is 11.6 Å². The van der Waals surface area contributed by atoms with Crippen LogP contribution in [0.15, 0.2) is 22.7 Å². The van der Waals surface area contributed by atoms with Gasteiger partial charge in [0.05, 0.1) is 11.6 Å². The van der Waals surface area contributed by atoms with E-state index < -0.39 is 0 Å². The van der Waals surface area contributed by atoms with Crippen molar-refractivity contribution in [3.63, 3.8) is 0 Å². The Kier molecular flexibility index (Phi) is 3.21. The van der Waals surface area contributed by atoms with Crippen molar-refractivity contribution in [3.05, 3.63) is 28.2 Å². The third-order valence-electron chi connectivity index (χ3n) is 1.37. The first kappa shape index (κ1) is 8.88. The summed E-state index contributed by atoms with van der Waals surface area (Å²) in [5.74, 6) is 1.36. The Bertz CT molecular complexity index is 250. The Morgan fingerprint density at radius 1 is 1.55 bits per heavy atom. The van der Waals surface area contributed by atoms with Crippen LogP contribution in [-0.2, 0) is 5.88 Å². The Balaban J connectivity index is 2.99. The molecule has 0 amide bonds. The normalized spacial score (nSPS) is 9.73. The molecule has 1 rings (SSSR count). The van der Waals surface area contributed by atoms with Crippen molar-refractivity contribution in [1.29, 1.82) is 0 Å². The van der Waals surface area contributed by atoms with E-state index in [1.165, 1.54) is 0 Å². The molecular formula is C8H8BrClO. The van der Waals surface area contributed by atoms with E-state index >= 15 is 0 Å². The Morgan fingerprint density at radius 2 is 2.27 bits per heavy atom. The Labute approximate surface area is 79.4 Å². The van der Waals surface area contributed by atoms with Crippen LogP contribution in [0.3, 0.4) is 0 Å². The first-order valence-electron chi connectivity index (χ1n) is 3.16. The molecule has 0 unspecified atom stereocenters. The highest BCUT2D eigenvalue weighted by molar-refractivity contribution is 9.10. The molecule has 0 saturated carbocycles. The molecule has 1 aromatic rings. The number of hydrogen-bond donors (Lipinski definition) is 0. The highest BCUT2D eigenvalue weighted by Crippen LogP contribution is 2.25. The van der Waals surface area contributed by atoms with Crippen LogP contribution in [0.1, 0.15) is 5.56 Å². The van der Waals surface area contributed by atoms with Gasteiger partial charge >= 0.3 is 0 Å². The third kappa shape index (κ3) is 2.11. The molecule has 0 aliphatic heterocycles. The van der Waals surface area contributed by atoms with Crippen molar-refractivity contribution in [1.82, 2.24) is 0 Å². The number of benzene rings is 1. The molecule has 0 bridgehead atoms. The summed E-state index contributed by atoms with van der Waals surface area (Å²) in [6.45, 7) is 0. The molecule has 0 radical (unpaired) electrons. The van der Waals surface area contributed by atoms with Crippen molar-refractivity contribution in [2.45, 2.75) is 5.88 Å². The van der Waals surface area contributed by atoms with Gasteiger partial charge in [0.15, 0.2) is 0 Å². The molecule has 1 nitrogen and oxygen atoms in total. The molecule has 0 aromatic heterocycles. The van der Waals surface area contributed by atoms with Crippen molar-refractivity contribution in [2.24, 2.45) is 0 Å². The van der Waals surface area contributed by atoms with Gasteiger partial charge in [0.2, 0.25) is 0 Å². The predicted molar refractivity (Wildman–Crippen MR) is 50.3 cm³/mol. The minimum atomic E-state index is 0.530. The lowest BCUT2D eigenvalue weighted by atomic mass is 10.2. The summed E-state index contributed by atoms with van der Waals surface area (Å²) < 4.78 is 6.00. The minimum absolute atomic E-state index is 0.530. The number of halogens is 2. The van der Waals surface area contributed by atoms with Crippen LogP contribution in [0, 0.1) is 0 Å². The lowest BCUT2D eigenvalue weighted by Crippen LogP contribution is -1.85. The van der Waals surface area contributed by atoms with Crippen molar-refractivity contribution in [3.8, 4) is 5.75 Å². The summed E-state index contributed by atoms with van der Waals surface area (Å²) in [6.07, 6.45) is 0. The molecule has 0 spiro atoms. The van der Waals surface area contributed by atoms with Gasteiger partial charge in [-0.25, -0.2) is 0 Å². The fraction of sp³-hybridized carbons (Fsp3) is 0.250. The molecule has 1 aromatic carbocycles. The van der Waals surface area contributed by atoms with Gasteiger partial charge in [0.25, 0.3) is 0 Å². The first-order valence-corrected chi connectivity index (χ1v) is 4.49. The van der Waals surface area contributed by atoms with Crippen LogP contribution in [-0.4, -0.2) is 7.11 Å². The second-order valence-electron chi connectivity index (χ2n) is 2.10. The summed E-state index contributed by atoms with van der Waals surface area (Å²) in [4.78, 5) is 0. The van der Waals surface area contributed by atoms with Gasteiger partial charge in [-0.3, -0.25) is 0 Å². The van der Waals surface area contributed by atoms with Crippen LogP contribution in [0.25, 0.3) is 0 Å². The summed E-state index contributed by atoms with van der Waals surface area (Å²) >= 11 is 9.00. The largest absolute Gasteiger partial charge is 0.496 e. The number of methoxy groups -OCH3 is 1. The van der Waals surface area contributed by atoms with Gasteiger partial charge in [0.1, 0.15) is 5.75 Å². The SMILES string of the molecule is COc1ccc(CCl)cc1Br. The third-order valence-corrected chi connectivity index (χ3v) is 2.30. The van der Waals surface area contributed by atoms with E-state index in [0.29, 0.717) is 5.88 Å². The van der Waals surface area contributed by atoms with Crippen LogP contribution in [0.4, 0.5) is 0 Å². The lowest BCUT2D eigenvalue weighted by molar-refractivity contribution is 0.412. The van der Waals surface area contributed by atoms with Gasteiger partial charge in [-0.05, 0) is 33.6 Å². The fourth-order valence-corrected chi connectivity index (χ4v) is 1.55. The topological polar surface area (TPSA) is 9.23 Å². The molecule has 0 N–H and O–H groups in total. The number of hydrogen-bond acceptors (Lipinski definition) is 1. The van der Waals surface area contributed by atoms with Gasteiger partial charge in [-0.2, -0.15) is 0 Å². The summed E-state index contributed by atoms with van der Waals surface area (Å²) in [7, 11) is 1.64. The number of rotatable bonds is 2. The van der Waals surface area contributed by atoms with Crippen LogP contribution in [0.5, 0.6) is 5.75 Å². The number of alkyl halides is 1. The molecule has 0 atom stereocenters. The standard InChI is InChI=1S/C8H8BrClO/c1-11-8-3-2-6(5-10)4-7(8)9/h2-4H,5H2,1H3. The first-order chi connectivity index (χ1) is 5.27. The summed E-state index contributed by atoms with van der Waals surface area (Å²) in [5.41, 5.74) is 1.08. The summed E-state index contributed by atoms with van der Waals surface area (Å²) in [5, 5.41) is 0. The van der Waals surface area contributed by atoms with Crippen molar-refractivity contribution >= 4 is 27.5 Å². The van der Waals surface area contributed by atoms with E-state index in [1.807, 2.05) is 18.2 Å². The second-order valence-corrected chi connectivity index (χ2v) is 3.22. The monoisotopic (exact) mass is 234 g/mol. The molecule has 0 aliphatic rings. The minimum Gasteiger partial charge on any atom is -0.496 e. The average molecular weight is 236 g/mol. The fourth-order valence-electron chi connectivity index (χ4n) is 0.793. The van der Waals surface area contributed by atoms with E-state index in [1.54, 1.807) is 7.11 Å². The molecule has 0 aliphatic carbocycles. The predicted octanol–water partition coefficient (Wildman–Crippen LogP) is 3.20. The van der Waals surface area contributed by atoms with E-state index in [2.05, 4.69) is 15.9 Å². The quantitative estimate of drug-likeness (QED) is 0.715. The van der Waals surface area contributed by atoms with Crippen molar-refractivity contribution in [2.75, 3.05) is 7.11 Å². The zero-order valence-corrected chi connectivity index (χ0v) is 8.45. The zero-order valence-electron chi connectivity index (χ0n) is 6.10. The average Bonchev–Trinajstić information content (AvgIpc) is 2.04. The summed E-state index contributed by atoms with van der Waals surface area (Å²) in [6, 6.07) is 5.78. The van der Waals surface area contributed by atoms with Crippen LogP contribution in [0.2, 0.25) is 0 Å². The van der Waals surface area contributed by atoms with Gasteiger partial charge in [0, 0.05) is 5.88 Å². The Morgan fingerprint density at radius 3 is 2.73 bits per heavy atom. The lowest BCUT2D eigenvalue weighted by Gasteiger charge is -2.03. The number of ether oxygens (including phenoxy) is 1. The molecular weight excluding hydrogens is 227 g/mol. The Hall–Kier alpha value is -0.210. The highest BCUT2D eigenvalue weighted by Gasteiger charge is 1.99. The smallest absolute Gasteiger partial charge is 0.133 e. The van der Waals surface area contributed by atoms with Crippen LogP contribution >= 0.6 is 27.5 Å². The van der Waals surface area contributed by atoms with E-state index in [9.17, 15) is 0 Å². The molecule has 0 fully saturated rings. The maximum atomic E-state index is 5.63. The molecule has 60 valence electrons. The van der Waals surface area contributed by atoms with E-state index in [-0.39, 0.29) is 0 Å². The molecule has 0 saturated heterocycles. The van der Waals surface area contributed by atoms with Crippen LogP contribution < -0.4 is 4.74 Å². The van der Waals surface area contributed by atoms with E-state index in [0.717, 1.165) is 15.8 Å². The van der Waals surface area contributed by atoms with Crippen molar-refractivity contribution < 1.29 is 4.74 Å². The maximum Gasteiger partial charge on any atom is 0.133 e. The second kappa shape index (κ2) is 3.98. The molecule has 0 heterocycles. The highest BCUT2D eigenvalue weighted by atomic mass is 79.9. The molecule has 11 heavy (non-hydrogen) atoms. The molecule has 3 heteroatoms. The van der Waals surface area contributed by atoms with Gasteiger partial charge < -0.3 is 4.74 Å². The van der Waals surface area contributed by atoms with Gasteiger partial charge in [-0.1, -0.05) is 6.07 Å². The van der Waals surface area contributed by atoms with E-state index in [4.69, 9.17) is 16.3 Å². The maximum absolute atomic E-state index is 5.63.